The van der Waals surface area contributed by atoms with Gasteiger partial charge < -0.3 is 15.6 Å². The number of hydrogen-bond acceptors (Lipinski definition) is 3. The molecule has 0 aromatic heterocycles. The van der Waals surface area contributed by atoms with Crippen LogP contribution in [0.2, 0.25) is 0 Å². The molecule has 0 rings (SSSR count). The molecule has 0 aromatic rings. The zero-order valence-corrected chi connectivity index (χ0v) is 7.29. The lowest BCUT2D eigenvalue weighted by Gasteiger charge is -1.99. The molecule has 1 atom stereocenters. The molecule has 0 heterocycles. The summed E-state index contributed by atoms with van der Waals surface area (Å²) in [6, 6.07) is 0.333. The molecule has 0 saturated heterocycles. The van der Waals surface area contributed by atoms with E-state index in [1.807, 2.05) is 20.8 Å². The third-order valence-corrected chi connectivity index (χ3v) is 0.408. The van der Waals surface area contributed by atoms with Crippen LogP contribution in [-0.4, -0.2) is 24.0 Å². The Balaban J connectivity index is 0. The van der Waals surface area contributed by atoms with Crippen LogP contribution in [0.1, 0.15) is 27.7 Å². The van der Waals surface area contributed by atoms with Gasteiger partial charge in [-0.15, -0.1) is 0 Å². The average molecular weight is 149 g/mol. The van der Waals surface area contributed by atoms with Gasteiger partial charge >= 0.3 is 0 Å². The number of nitrogens with two attached hydrogens (primary N) is 1. The Morgan fingerprint density at radius 1 is 1.40 bits per heavy atom. The second-order valence-corrected chi connectivity index (χ2v) is 2.30. The van der Waals surface area contributed by atoms with Crippen molar-refractivity contribution in [3.63, 3.8) is 0 Å². The number of aliphatic hydroxyl groups is 1. The molecule has 3 nitrogen and oxygen atoms in total. The van der Waals surface area contributed by atoms with E-state index in [0.717, 1.165) is 0 Å². The molecule has 0 aliphatic rings. The van der Waals surface area contributed by atoms with Crippen molar-refractivity contribution >= 4 is 0 Å². The SMILES string of the molecule is CC(C)N.CCOC(C)O. The Labute approximate surface area is 63.2 Å². The minimum absolute atomic E-state index is 0.333. The molecule has 0 aliphatic heterocycles. The Hall–Kier alpha value is -0.120. The number of rotatable bonds is 2. The van der Waals surface area contributed by atoms with Gasteiger partial charge in [-0.1, -0.05) is 13.8 Å². The monoisotopic (exact) mass is 149 g/mol. The molecule has 0 fully saturated rings. The van der Waals surface area contributed by atoms with Gasteiger partial charge in [-0.05, 0) is 19.9 Å². The maximum atomic E-state index is 8.33. The van der Waals surface area contributed by atoms with E-state index in [4.69, 9.17) is 10.8 Å². The van der Waals surface area contributed by atoms with E-state index in [9.17, 15) is 0 Å². The van der Waals surface area contributed by atoms with Crippen molar-refractivity contribution in [1.82, 2.24) is 0 Å². The zero-order chi connectivity index (χ0) is 8.57. The fourth-order valence-corrected chi connectivity index (χ4v) is 0.241. The van der Waals surface area contributed by atoms with Crippen LogP contribution >= 0.6 is 0 Å². The second kappa shape index (κ2) is 8.88. The first-order valence-electron chi connectivity index (χ1n) is 3.56. The van der Waals surface area contributed by atoms with Crippen molar-refractivity contribution in [1.29, 1.82) is 0 Å². The van der Waals surface area contributed by atoms with Crippen LogP contribution in [-0.2, 0) is 4.74 Å². The summed E-state index contributed by atoms with van der Waals surface area (Å²) in [5.41, 5.74) is 5.11. The maximum Gasteiger partial charge on any atom is 0.151 e. The van der Waals surface area contributed by atoms with Crippen molar-refractivity contribution < 1.29 is 9.84 Å². The summed E-state index contributed by atoms with van der Waals surface area (Å²) in [7, 11) is 0. The summed E-state index contributed by atoms with van der Waals surface area (Å²) in [6.07, 6.45) is -0.602. The van der Waals surface area contributed by atoms with Crippen LogP contribution in [0.3, 0.4) is 0 Å². The lowest BCUT2D eigenvalue weighted by atomic mass is 10.5. The minimum atomic E-state index is -0.602. The molecule has 0 spiro atoms. The van der Waals surface area contributed by atoms with Crippen LogP contribution in [0.25, 0.3) is 0 Å². The largest absolute Gasteiger partial charge is 0.368 e. The number of ether oxygens (including phenoxy) is 1. The van der Waals surface area contributed by atoms with E-state index in [1.54, 1.807) is 6.92 Å². The fraction of sp³-hybridized carbons (Fsp3) is 1.00. The van der Waals surface area contributed by atoms with Crippen molar-refractivity contribution in [2.45, 2.75) is 40.0 Å². The van der Waals surface area contributed by atoms with Gasteiger partial charge in [0.05, 0.1) is 0 Å². The molecule has 3 heteroatoms. The Morgan fingerprint density at radius 2 is 1.70 bits per heavy atom. The molecule has 3 N–H and O–H groups in total. The molecule has 0 saturated carbocycles. The summed E-state index contributed by atoms with van der Waals surface area (Å²) >= 11 is 0. The molecular weight excluding hydrogens is 130 g/mol. The highest BCUT2D eigenvalue weighted by atomic mass is 16.6. The van der Waals surface area contributed by atoms with Gasteiger partial charge in [-0.3, -0.25) is 0 Å². The van der Waals surface area contributed by atoms with Crippen LogP contribution in [0.5, 0.6) is 0 Å². The predicted molar refractivity (Wildman–Crippen MR) is 42.6 cm³/mol. The van der Waals surface area contributed by atoms with E-state index >= 15 is 0 Å². The summed E-state index contributed by atoms with van der Waals surface area (Å²) < 4.78 is 4.60. The normalized spacial score (nSPS) is 12.3. The highest BCUT2D eigenvalue weighted by Crippen LogP contribution is 1.78. The van der Waals surface area contributed by atoms with Gasteiger partial charge in [-0.25, -0.2) is 0 Å². The summed E-state index contributed by atoms with van der Waals surface area (Å²) in [4.78, 5) is 0. The molecule has 0 bridgehead atoms. The van der Waals surface area contributed by atoms with E-state index in [0.29, 0.717) is 12.6 Å². The standard InChI is InChI=1S/C4H10O2.C3H9N/c1-3-6-4(2)5;1-3(2)4/h4-5H,3H2,1-2H3;3H,4H2,1-2H3. The lowest BCUT2D eigenvalue weighted by molar-refractivity contribution is -0.0800. The van der Waals surface area contributed by atoms with E-state index in [2.05, 4.69) is 4.74 Å². The van der Waals surface area contributed by atoms with Crippen molar-refractivity contribution in [2.75, 3.05) is 6.61 Å². The van der Waals surface area contributed by atoms with E-state index in [1.165, 1.54) is 0 Å². The van der Waals surface area contributed by atoms with Gasteiger partial charge in [0, 0.05) is 6.61 Å². The van der Waals surface area contributed by atoms with E-state index in [-0.39, 0.29) is 0 Å². The van der Waals surface area contributed by atoms with Crippen molar-refractivity contribution in [2.24, 2.45) is 5.73 Å². The maximum absolute atomic E-state index is 8.33. The first kappa shape index (κ1) is 12.5. The van der Waals surface area contributed by atoms with Crippen LogP contribution < -0.4 is 5.73 Å². The van der Waals surface area contributed by atoms with Crippen LogP contribution in [0.15, 0.2) is 0 Å². The molecule has 0 aromatic carbocycles. The van der Waals surface area contributed by atoms with E-state index < -0.39 is 6.29 Å². The van der Waals surface area contributed by atoms with Gasteiger partial charge in [0.1, 0.15) is 0 Å². The fourth-order valence-electron chi connectivity index (χ4n) is 0.241. The Bertz CT molecular complexity index is 52.8. The molecule has 64 valence electrons. The molecule has 10 heavy (non-hydrogen) atoms. The Kier molecular flexibility index (Phi) is 11.1. The smallest absolute Gasteiger partial charge is 0.151 e. The van der Waals surface area contributed by atoms with Gasteiger partial charge in [0.25, 0.3) is 0 Å². The first-order valence-corrected chi connectivity index (χ1v) is 3.56. The Morgan fingerprint density at radius 3 is 1.70 bits per heavy atom. The summed E-state index contributed by atoms with van der Waals surface area (Å²) in [5, 5.41) is 8.33. The topological polar surface area (TPSA) is 55.5 Å². The first-order chi connectivity index (χ1) is 4.50. The lowest BCUT2D eigenvalue weighted by Crippen LogP contribution is -2.06. The van der Waals surface area contributed by atoms with Gasteiger partial charge in [0.2, 0.25) is 0 Å². The summed E-state index contributed by atoms with van der Waals surface area (Å²) in [6.45, 7) is 7.90. The van der Waals surface area contributed by atoms with Gasteiger partial charge in [-0.2, -0.15) is 0 Å². The molecule has 0 aliphatic carbocycles. The predicted octanol–water partition coefficient (Wildman–Crippen LogP) is 0.715. The third kappa shape index (κ3) is 45.0. The second-order valence-electron chi connectivity index (χ2n) is 2.30. The highest BCUT2D eigenvalue weighted by molar-refractivity contribution is 4.32. The molecular formula is C7H19NO2. The average Bonchev–Trinajstić information content (AvgIpc) is 1.62. The highest BCUT2D eigenvalue weighted by Gasteiger charge is 1.85. The minimum Gasteiger partial charge on any atom is -0.368 e. The molecule has 0 radical (unpaired) electrons. The number of aliphatic hydroxyl groups excluding tert-OH is 1. The van der Waals surface area contributed by atoms with Crippen molar-refractivity contribution in [3.05, 3.63) is 0 Å². The van der Waals surface area contributed by atoms with Crippen molar-refractivity contribution in [3.8, 4) is 0 Å². The van der Waals surface area contributed by atoms with Gasteiger partial charge in [0.15, 0.2) is 6.29 Å². The quantitative estimate of drug-likeness (QED) is 0.569. The molecule has 0 amide bonds. The molecule has 1 unspecified atom stereocenters. The summed E-state index contributed by atoms with van der Waals surface area (Å²) in [5.74, 6) is 0. The van der Waals surface area contributed by atoms with Crippen LogP contribution in [0.4, 0.5) is 0 Å². The van der Waals surface area contributed by atoms with Crippen LogP contribution in [0, 0.1) is 0 Å². The third-order valence-electron chi connectivity index (χ3n) is 0.408. The number of hydrogen-bond donors (Lipinski definition) is 2. The zero-order valence-electron chi connectivity index (χ0n) is 7.29.